The quantitative estimate of drug-likeness (QED) is 0.341. The summed E-state index contributed by atoms with van der Waals surface area (Å²) in [6, 6.07) is 7.82. The van der Waals surface area contributed by atoms with Gasteiger partial charge in [0.2, 0.25) is 0 Å². The third-order valence-electron chi connectivity index (χ3n) is 2.37. The normalized spacial score (nSPS) is 11.8. The first kappa shape index (κ1) is 12.4. The zero-order valence-corrected chi connectivity index (χ0v) is 12.7. The number of ether oxygens (including phenoxy) is 1. The summed E-state index contributed by atoms with van der Waals surface area (Å²) in [5.74, 6) is 0.859. The van der Waals surface area contributed by atoms with E-state index in [9.17, 15) is 0 Å². The minimum absolute atomic E-state index is 0. The number of para-hydroxylation sites is 1. The van der Waals surface area contributed by atoms with Crippen molar-refractivity contribution < 1.29 is 56.1 Å². The van der Waals surface area contributed by atoms with Crippen LogP contribution in [0.25, 0.3) is 11.3 Å². The summed E-state index contributed by atoms with van der Waals surface area (Å²) < 4.78 is 5.58. The van der Waals surface area contributed by atoms with Crippen molar-refractivity contribution in [3.8, 4) is 17.0 Å². The minimum Gasteiger partial charge on any atom is -0.740 e. The first-order valence-corrected chi connectivity index (χ1v) is 5.00. The van der Waals surface area contributed by atoms with E-state index >= 15 is 0 Å². The molecule has 1 aromatic carbocycles. The van der Waals surface area contributed by atoms with E-state index in [0.717, 1.165) is 22.6 Å². The molecule has 74 valence electrons. The number of hydrogen-bond acceptors (Lipinski definition) is 4. The van der Waals surface area contributed by atoms with Gasteiger partial charge in [-0.2, -0.15) is 0 Å². The molecule has 1 aliphatic rings. The molecule has 2 heterocycles. The molecule has 0 radical (unpaired) electrons. The predicted octanol–water partition coefficient (Wildman–Crippen LogP) is -1.05. The molecule has 3 rings (SSSR count). The Morgan fingerprint density at radius 2 is 2.06 bits per heavy atom. The topological polar surface area (TPSA) is 35.0 Å². The van der Waals surface area contributed by atoms with Crippen LogP contribution in [0.15, 0.2) is 35.6 Å². The third-order valence-corrected chi connectivity index (χ3v) is 2.56. The summed E-state index contributed by atoms with van der Waals surface area (Å²) in [6.45, 7) is 0.516. The summed E-state index contributed by atoms with van der Waals surface area (Å²) in [5, 5.41) is 0.380. The van der Waals surface area contributed by atoms with Crippen molar-refractivity contribution in [2.75, 3.05) is 0 Å². The van der Waals surface area contributed by atoms with Gasteiger partial charge in [0.1, 0.15) is 12.4 Å². The maximum absolute atomic E-state index is 5.58. The van der Waals surface area contributed by atoms with Crippen LogP contribution in [0.2, 0.25) is 0 Å². The Balaban J connectivity index is 0.000000963. The van der Waals surface area contributed by atoms with Gasteiger partial charge in [0.05, 0.1) is 5.69 Å². The molecule has 3 nitrogen and oxygen atoms in total. The van der Waals surface area contributed by atoms with E-state index in [2.05, 4.69) is 9.97 Å². The van der Waals surface area contributed by atoms with Gasteiger partial charge in [0, 0.05) is 22.5 Å². The predicted molar refractivity (Wildman–Crippen MR) is 57.4 cm³/mol. The van der Waals surface area contributed by atoms with Gasteiger partial charge in [-0.05, 0) is 12.1 Å². The number of nitrogens with zero attached hydrogens (tertiary/aromatic N) is 2. The maximum Gasteiger partial charge on any atom is 1.00 e. The summed E-state index contributed by atoms with van der Waals surface area (Å²) in [7, 11) is 0. The van der Waals surface area contributed by atoms with Crippen LogP contribution >= 0.6 is 0 Å². The average molecular weight is 254 g/mol. The van der Waals surface area contributed by atoms with Crippen LogP contribution in [0.3, 0.4) is 0 Å². The Hall–Kier alpha value is -0.0436. The number of fused-ring (bicyclic) bond motifs is 3. The molecule has 5 heteroatoms. The first-order chi connectivity index (χ1) is 7.34. The van der Waals surface area contributed by atoms with Crippen LogP contribution in [0, 0.1) is 0 Å². The molecular formula is C11H7KN2OS. The molecule has 0 N–H and O–H groups in total. The molecule has 0 saturated carbocycles. The molecule has 0 saturated heterocycles. The van der Waals surface area contributed by atoms with Crippen LogP contribution in [-0.2, 0) is 19.2 Å². The fourth-order valence-corrected chi connectivity index (χ4v) is 1.82. The minimum atomic E-state index is 0. The summed E-state index contributed by atoms with van der Waals surface area (Å²) in [5.41, 5.74) is 2.88. The van der Waals surface area contributed by atoms with Crippen LogP contribution in [0.5, 0.6) is 5.75 Å². The smallest absolute Gasteiger partial charge is 0.740 e. The fourth-order valence-electron chi connectivity index (χ4n) is 1.67. The monoisotopic (exact) mass is 254 g/mol. The fraction of sp³-hybridized carbons (Fsp3) is 0.0909. The van der Waals surface area contributed by atoms with Crippen molar-refractivity contribution in [2.24, 2.45) is 0 Å². The van der Waals surface area contributed by atoms with Crippen molar-refractivity contribution >= 4 is 12.6 Å². The summed E-state index contributed by atoms with van der Waals surface area (Å²) >= 11 is 4.96. The molecule has 0 atom stereocenters. The molecule has 0 spiro atoms. The molecule has 16 heavy (non-hydrogen) atoms. The van der Waals surface area contributed by atoms with E-state index in [1.807, 2.05) is 24.3 Å². The molecule has 2 aromatic rings. The van der Waals surface area contributed by atoms with Crippen LogP contribution < -0.4 is 56.1 Å². The number of benzene rings is 1. The van der Waals surface area contributed by atoms with Crippen LogP contribution in [0.1, 0.15) is 5.56 Å². The second kappa shape index (κ2) is 5.08. The molecule has 0 aliphatic carbocycles. The van der Waals surface area contributed by atoms with Gasteiger partial charge in [-0.1, -0.05) is 12.1 Å². The zero-order valence-electron chi connectivity index (χ0n) is 8.80. The SMILES string of the molecule is [K+].[S-]c1ncc2c(n1)-c1ccccc1OC2. The Morgan fingerprint density at radius 1 is 1.25 bits per heavy atom. The van der Waals surface area contributed by atoms with Gasteiger partial charge in [-0.25, -0.2) is 0 Å². The van der Waals surface area contributed by atoms with Gasteiger partial charge in [0.25, 0.3) is 0 Å². The second-order valence-corrected chi connectivity index (χ2v) is 3.68. The van der Waals surface area contributed by atoms with Crippen molar-refractivity contribution in [1.82, 2.24) is 9.97 Å². The molecule has 1 aromatic heterocycles. The Bertz CT molecular complexity index is 533. The van der Waals surface area contributed by atoms with Crippen LogP contribution in [-0.4, -0.2) is 9.97 Å². The largest absolute Gasteiger partial charge is 1.00 e. The molecule has 0 bridgehead atoms. The van der Waals surface area contributed by atoms with E-state index < -0.39 is 0 Å². The second-order valence-electron chi connectivity index (χ2n) is 3.31. The zero-order chi connectivity index (χ0) is 10.3. The van der Waals surface area contributed by atoms with E-state index in [-0.39, 0.29) is 51.4 Å². The van der Waals surface area contributed by atoms with Crippen molar-refractivity contribution in [3.05, 3.63) is 36.0 Å². The first-order valence-electron chi connectivity index (χ1n) is 4.60. The Morgan fingerprint density at radius 3 is 2.94 bits per heavy atom. The van der Waals surface area contributed by atoms with E-state index in [4.69, 9.17) is 17.4 Å². The third kappa shape index (κ3) is 2.16. The van der Waals surface area contributed by atoms with Crippen molar-refractivity contribution in [3.63, 3.8) is 0 Å². The van der Waals surface area contributed by atoms with Gasteiger partial charge < -0.3 is 17.4 Å². The standard InChI is InChI=1S/C11H8N2OS.K/c15-11-12-5-7-6-14-9-4-2-1-3-8(9)10(7)13-11;/h1-5H,6H2,(H,12,13,15);/q;+1/p-1. The van der Waals surface area contributed by atoms with Crippen molar-refractivity contribution in [1.29, 1.82) is 0 Å². The number of aromatic nitrogens is 2. The Kier molecular flexibility index (Phi) is 3.94. The van der Waals surface area contributed by atoms with Gasteiger partial charge in [-0.15, -0.1) is 0 Å². The molecule has 0 amide bonds. The van der Waals surface area contributed by atoms with E-state index in [1.165, 1.54) is 0 Å². The maximum atomic E-state index is 5.58. The summed E-state index contributed by atoms with van der Waals surface area (Å²) in [4.78, 5) is 8.27. The molecule has 0 fully saturated rings. The number of rotatable bonds is 0. The average Bonchev–Trinajstić information content (AvgIpc) is 2.29. The Labute approximate surface area is 141 Å². The van der Waals surface area contributed by atoms with Crippen LogP contribution in [0.4, 0.5) is 0 Å². The number of hydrogen-bond donors (Lipinski definition) is 0. The van der Waals surface area contributed by atoms with Crippen molar-refractivity contribution in [2.45, 2.75) is 11.8 Å². The summed E-state index contributed by atoms with van der Waals surface area (Å²) in [6.07, 6.45) is 1.74. The molecular weight excluding hydrogens is 247 g/mol. The molecule has 1 aliphatic heterocycles. The van der Waals surface area contributed by atoms with Gasteiger partial charge >= 0.3 is 51.4 Å². The molecule has 0 unspecified atom stereocenters. The van der Waals surface area contributed by atoms with Gasteiger partial charge in [-0.3, -0.25) is 9.97 Å². The van der Waals surface area contributed by atoms with E-state index in [1.54, 1.807) is 6.20 Å². The van der Waals surface area contributed by atoms with E-state index in [0.29, 0.717) is 11.8 Å². The van der Waals surface area contributed by atoms with Gasteiger partial charge in [0.15, 0.2) is 0 Å².